The zero-order valence-corrected chi connectivity index (χ0v) is 19.1. The summed E-state index contributed by atoms with van der Waals surface area (Å²) in [5.41, 5.74) is 0.475. The van der Waals surface area contributed by atoms with Crippen molar-refractivity contribution >= 4 is 58.3 Å². The van der Waals surface area contributed by atoms with Gasteiger partial charge in [0.05, 0.1) is 26.0 Å². The molecule has 164 valence electrons. The average Bonchev–Trinajstić information content (AvgIpc) is 3.45. The van der Waals surface area contributed by atoms with Crippen molar-refractivity contribution in [3.63, 3.8) is 0 Å². The maximum Gasteiger partial charge on any atom is 0.399 e. The van der Waals surface area contributed by atoms with Gasteiger partial charge in [0.25, 0.3) is 0 Å². The van der Waals surface area contributed by atoms with Crippen LogP contribution < -0.4 is 0 Å². The quantitative estimate of drug-likeness (QED) is 0.207. The van der Waals surface area contributed by atoms with Gasteiger partial charge in [0, 0.05) is 12.0 Å². The predicted octanol–water partition coefficient (Wildman–Crippen LogP) is 9.20. The summed E-state index contributed by atoms with van der Waals surface area (Å²) < 4.78 is 41.0. The van der Waals surface area contributed by atoms with Gasteiger partial charge in [0.2, 0.25) is 0 Å². The van der Waals surface area contributed by atoms with Crippen molar-refractivity contribution in [1.82, 2.24) is 0 Å². The van der Waals surface area contributed by atoms with Crippen molar-refractivity contribution in [2.24, 2.45) is 5.41 Å². The van der Waals surface area contributed by atoms with Crippen molar-refractivity contribution in [3.05, 3.63) is 85.8 Å². The van der Waals surface area contributed by atoms with E-state index in [2.05, 4.69) is 6.58 Å². The van der Waals surface area contributed by atoms with Gasteiger partial charge in [0.15, 0.2) is 5.78 Å². The molecule has 0 N–H and O–H groups in total. The van der Waals surface area contributed by atoms with Crippen LogP contribution in [0.5, 0.6) is 0 Å². The number of Topliss-reactive ketones (excluding diaryl/α,β-unsaturated/α-hetero) is 1. The van der Waals surface area contributed by atoms with E-state index in [-0.39, 0.29) is 36.9 Å². The number of rotatable bonds is 7. The van der Waals surface area contributed by atoms with Gasteiger partial charge in [-0.15, -0.1) is 6.58 Å². The van der Waals surface area contributed by atoms with Gasteiger partial charge in [0.1, 0.15) is 0 Å². The molecule has 0 bridgehead atoms. The summed E-state index contributed by atoms with van der Waals surface area (Å²) in [5, 5.41) is 0.0537. The van der Waals surface area contributed by atoms with Crippen LogP contribution in [0.2, 0.25) is 20.1 Å². The van der Waals surface area contributed by atoms with Gasteiger partial charge in [-0.1, -0.05) is 70.7 Å². The lowest BCUT2D eigenvalue weighted by Gasteiger charge is -2.18. The minimum atomic E-state index is -4.58. The SMILES string of the molecule is C=CC1(CC(=O)c2ccc(/C=C/C(c3cc(Cl)c(Cl)c(Cl)c3)C(F)(F)F)cc2Cl)CC1. The number of benzene rings is 2. The normalized spacial score (nSPS) is 16.4. The standard InChI is InChI=1S/C23H17Cl4F3O/c1-2-22(7-8-22)12-20(31)15-5-3-13(9-17(15)24)4-6-16(23(28,29)30)14-10-18(25)21(27)19(26)11-14/h2-6,9-11,16H,1,7-8,12H2/b6-4+. The molecule has 8 heteroatoms. The highest BCUT2D eigenvalue weighted by atomic mass is 35.5. The molecule has 1 saturated carbocycles. The van der Waals surface area contributed by atoms with E-state index in [0.717, 1.165) is 31.1 Å². The molecule has 1 aliphatic rings. The van der Waals surface area contributed by atoms with Crippen LogP contribution in [-0.2, 0) is 0 Å². The molecule has 1 unspecified atom stereocenters. The third kappa shape index (κ3) is 5.67. The summed E-state index contributed by atoms with van der Waals surface area (Å²) in [7, 11) is 0. The Labute approximate surface area is 198 Å². The Bertz CT molecular complexity index is 1030. The smallest absolute Gasteiger partial charge is 0.294 e. The van der Waals surface area contributed by atoms with Crippen LogP contribution in [0.25, 0.3) is 6.08 Å². The first-order valence-corrected chi connectivity index (χ1v) is 10.8. The van der Waals surface area contributed by atoms with Crippen molar-refractivity contribution < 1.29 is 18.0 Å². The molecule has 1 atom stereocenters. The molecule has 1 aliphatic carbocycles. The maximum atomic E-state index is 13.7. The van der Waals surface area contributed by atoms with Crippen LogP contribution in [-0.4, -0.2) is 12.0 Å². The molecule has 1 fully saturated rings. The highest BCUT2D eigenvalue weighted by Crippen LogP contribution is 2.50. The number of halogens is 7. The fourth-order valence-corrected chi connectivity index (χ4v) is 4.17. The van der Waals surface area contributed by atoms with E-state index in [1.54, 1.807) is 12.1 Å². The van der Waals surface area contributed by atoms with E-state index in [1.807, 2.05) is 0 Å². The molecular weight excluding hydrogens is 491 g/mol. The number of hydrogen-bond acceptors (Lipinski definition) is 1. The lowest BCUT2D eigenvalue weighted by molar-refractivity contribution is -0.139. The largest absolute Gasteiger partial charge is 0.399 e. The van der Waals surface area contributed by atoms with Gasteiger partial charge in [-0.3, -0.25) is 4.79 Å². The minimum Gasteiger partial charge on any atom is -0.294 e. The van der Waals surface area contributed by atoms with Crippen molar-refractivity contribution in [1.29, 1.82) is 0 Å². The van der Waals surface area contributed by atoms with Crippen molar-refractivity contribution in [2.75, 3.05) is 0 Å². The number of alkyl halides is 3. The Morgan fingerprint density at radius 1 is 1.06 bits per heavy atom. The molecule has 0 heterocycles. The van der Waals surface area contributed by atoms with Crippen LogP contribution >= 0.6 is 46.4 Å². The average molecular weight is 508 g/mol. The van der Waals surface area contributed by atoms with Crippen LogP contribution in [0.1, 0.15) is 46.7 Å². The Morgan fingerprint density at radius 2 is 1.68 bits per heavy atom. The number of ketones is 1. The molecular formula is C23H17Cl4F3O. The number of allylic oxidation sites excluding steroid dienone is 2. The maximum absolute atomic E-state index is 13.7. The first-order valence-electron chi connectivity index (χ1n) is 9.31. The molecule has 0 saturated heterocycles. The second-order valence-corrected chi connectivity index (χ2v) is 9.18. The number of carbonyl (C=O) groups excluding carboxylic acids is 1. The van der Waals surface area contributed by atoms with Crippen molar-refractivity contribution in [2.45, 2.75) is 31.4 Å². The first-order chi connectivity index (χ1) is 14.5. The van der Waals surface area contributed by atoms with Gasteiger partial charge in [-0.2, -0.15) is 13.2 Å². The molecule has 0 radical (unpaired) electrons. The minimum absolute atomic E-state index is 0.00606. The predicted molar refractivity (Wildman–Crippen MR) is 122 cm³/mol. The van der Waals surface area contributed by atoms with E-state index >= 15 is 0 Å². The Kier molecular flexibility index (Phi) is 7.17. The van der Waals surface area contributed by atoms with Crippen LogP contribution in [0, 0.1) is 5.41 Å². The van der Waals surface area contributed by atoms with E-state index in [1.165, 1.54) is 18.2 Å². The Morgan fingerprint density at radius 3 is 2.16 bits per heavy atom. The topological polar surface area (TPSA) is 17.1 Å². The number of hydrogen-bond donors (Lipinski definition) is 0. The summed E-state index contributed by atoms with van der Waals surface area (Å²) in [6.45, 7) is 3.77. The lowest BCUT2D eigenvalue weighted by Crippen LogP contribution is -2.19. The van der Waals surface area contributed by atoms with Gasteiger partial charge in [-0.25, -0.2) is 0 Å². The van der Waals surface area contributed by atoms with E-state index < -0.39 is 12.1 Å². The fraction of sp³-hybridized carbons (Fsp3) is 0.261. The summed E-state index contributed by atoms with van der Waals surface area (Å²) in [4.78, 5) is 12.5. The van der Waals surface area contributed by atoms with Gasteiger partial charge < -0.3 is 0 Å². The Balaban J connectivity index is 1.85. The molecule has 0 aliphatic heterocycles. The molecule has 31 heavy (non-hydrogen) atoms. The van der Waals surface area contributed by atoms with E-state index in [9.17, 15) is 18.0 Å². The second kappa shape index (κ2) is 9.19. The van der Waals surface area contributed by atoms with E-state index in [0.29, 0.717) is 17.5 Å². The Hall–Kier alpha value is -1.46. The molecule has 2 aromatic rings. The molecule has 3 rings (SSSR count). The fourth-order valence-electron chi connectivity index (χ4n) is 3.26. The monoisotopic (exact) mass is 506 g/mol. The third-order valence-corrected chi connectivity index (χ3v) is 6.84. The first kappa shape index (κ1) is 24.2. The highest BCUT2D eigenvalue weighted by molar-refractivity contribution is 6.48. The molecule has 1 nitrogen and oxygen atoms in total. The molecule has 0 aromatic heterocycles. The summed E-state index contributed by atoms with van der Waals surface area (Å²) >= 11 is 23.9. The third-order valence-electron chi connectivity index (χ3n) is 5.33. The van der Waals surface area contributed by atoms with Crippen LogP contribution in [0.4, 0.5) is 13.2 Å². The molecule has 2 aromatic carbocycles. The zero-order chi connectivity index (χ0) is 23.0. The molecule has 0 amide bonds. The molecule has 0 spiro atoms. The zero-order valence-electron chi connectivity index (χ0n) is 16.1. The number of carbonyl (C=O) groups is 1. The second-order valence-electron chi connectivity index (χ2n) is 7.58. The van der Waals surface area contributed by atoms with Crippen molar-refractivity contribution in [3.8, 4) is 0 Å². The van der Waals surface area contributed by atoms with Gasteiger partial charge in [-0.05, 0) is 53.6 Å². The summed E-state index contributed by atoms with van der Waals surface area (Å²) in [5.74, 6) is -2.07. The van der Waals surface area contributed by atoms with Crippen LogP contribution in [0.15, 0.2) is 49.1 Å². The van der Waals surface area contributed by atoms with E-state index in [4.69, 9.17) is 46.4 Å². The van der Waals surface area contributed by atoms with Crippen LogP contribution in [0.3, 0.4) is 0 Å². The summed E-state index contributed by atoms with van der Waals surface area (Å²) in [6.07, 6.45) is 1.64. The summed E-state index contributed by atoms with van der Waals surface area (Å²) in [6, 6.07) is 6.83. The lowest BCUT2D eigenvalue weighted by atomic mass is 9.94. The van der Waals surface area contributed by atoms with Gasteiger partial charge >= 0.3 is 6.18 Å². The highest BCUT2D eigenvalue weighted by Gasteiger charge is 2.41.